The number of ketones is 1. The summed E-state index contributed by atoms with van der Waals surface area (Å²) in [6, 6.07) is 9.30. The van der Waals surface area contributed by atoms with Crippen LogP contribution in [-0.2, 0) is 9.53 Å². The molecule has 0 spiro atoms. The van der Waals surface area contributed by atoms with Crippen LogP contribution in [0.4, 0.5) is 11.4 Å². The van der Waals surface area contributed by atoms with Crippen LogP contribution in [0.25, 0.3) is 22.2 Å². The fraction of sp³-hybridized carbons (Fsp3) is 0.318. The van der Waals surface area contributed by atoms with Crippen molar-refractivity contribution >= 4 is 34.0 Å². The number of nitrogens with one attached hydrogen (secondary N) is 1. The normalized spacial score (nSPS) is 15.3. The number of fused-ring (bicyclic) bond motifs is 2. The summed E-state index contributed by atoms with van der Waals surface area (Å²) < 4.78 is 11.2. The Bertz CT molecular complexity index is 1150. The molecule has 3 aromatic rings. The molecular weight excluding hydrogens is 386 g/mol. The number of rotatable bonds is 6. The number of aromatic nitrogens is 1. The average Bonchev–Trinajstić information content (AvgIpc) is 3.21. The lowest BCUT2D eigenvalue weighted by atomic mass is 9.86. The van der Waals surface area contributed by atoms with Crippen molar-refractivity contribution in [1.29, 1.82) is 0 Å². The molecule has 2 heterocycles. The molecule has 2 aliphatic rings. The highest BCUT2D eigenvalue weighted by molar-refractivity contribution is 6.28. The highest BCUT2D eigenvalue weighted by Crippen LogP contribution is 2.45. The third kappa shape index (κ3) is 3.00. The maximum atomic E-state index is 13.4. The van der Waals surface area contributed by atoms with Crippen molar-refractivity contribution in [2.45, 2.75) is 12.8 Å². The molecule has 1 aromatic heterocycles. The molecule has 30 heavy (non-hydrogen) atoms. The van der Waals surface area contributed by atoms with Gasteiger partial charge >= 0.3 is 5.97 Å². The number of carbonyl (C=O) groups is 2. The maximum Gasteiger partial charge on any atom is 0.303 e. The molecule has 5 rings (SSSR count). The minimum Gasteiger partial charge on any atom is -0.481 e. The van der Waals surface area contributed by atoms with Crippen LogP contribution >= 0.6 is 0 Å². The smallest absolute Gasteiger partial charge is 0.303 e. The molecule has 2 aromatic carbocycles. The van der Waals surface area contributed by atoms with Gasteiger partial charge in [0.2, 0.25) is 0 Å². The van der Waals surface area contributed by atoms with Crippen LogP contribution in [0.3, 0.4) is 0 Å². The molecular formula is C22H21N3O5. The van der Waals surface area contributed by atoms with Gasteiger partial charge < -0.3 is 24.6 Å². The number of carboxylic acid groups (broad SMARTS) is 1. The van der Waals surface area contributed by atoms with Crippen molar-refractivity contribution in [2.24, 2.45) is 0 Å². The second-order valence-electron chi connectivity index (χ2n) is 7.45. The number of morpholine rings is 1. The number of hydrogen-bond acceptors (Lipinski definition) is 7. The Kier molecular flexibility index (Phi) is 4.63. The van der Waals surface area contributed by atoms with E-state index in [0.717, 1.165) is 24.3 Å². The molecule has 0 saturated carbocycles. The van der Waals surface area contributed by atoms with Gasteiger partial charge in [0, 0.05) is 42.9 Å². The van der Waals surface area contributed by atoms with Crippen LogP contribution in [0, 0.1) is 0 Å². The van der Waals surface area contributed by atoms with Crippen molar-refractivity contribution < 1.29 is 24.0 Å². The Morgan fingerprint density at radius 3 is 2.73 bits per heavy atom. The Hall–Kier alpha value is -3.39. The van der Waals surface area contributed by atoms with Crippen LogP contribution in [0.5, 0.6) is 0 Å². The summed E-state index contributed by atoms with van der Waals surface area (Å²) in [5.74, 6) is -0.326. The molecule has 8 heteroatoms. The van der Waals surface area contributed by atoms with Gasteiger partial charge in [-0.15, -0.1) is 0 Å². The molecule has 0 radical (unpaired) electrons. The summed E-state index contributed by atoms with van der Waals surface area (Å²) >= 11 is 0. The van der Waals surface area contributed by atoms with Gasteiger partial charge in [0.15, 0.2) is 11.5 Å². The Balaban J connectivity index is 1.66. The van der Waals surface area contributed by atoms with Gasteiger partial charge in [-0.25, -0.2) is 0 Å². The van der Waals surface area contributed by atoms with E-state index in [-0.39, 0.29) is 12.2 Å². The number of aliphatic carboxylic acids is 1. The standard InChI is InChI=1S/C22H21N3O5/c26-17(27)6-3-7-23-15-12-16(25-8-10-29-11-9-25)20-19-18(15)21(28)13-4-1-2-5-14(13)22(19)30-24-20/h1-2,4-5,12,23H,3,6-11H2,(H,26,27). The number of ether oxygens (including phenoxy) is 1. The van der Waals surface area contributed by atoms with E-state index in [9.17, 15) is 9.59 Å². The van der Waals surface area contributed by atoms with Gasteiger partial charge in [-0.2, -0.15) is 0 Å². The fourth-order valence-electron chi connectivity index (χ4n) is 4.19. The van der Waals surface area contributed by atoms with Gasteiger partial charge in [-0.3, -0.25) is 9.59 Å². The molecule has 1 saturated heterocycles. The SMILES string of the molecule is O=C(O)CCCNc1cc(N2CCOCC2)c2noc3c2c1C(=O)c1ccccc1-3. The van der Waals surface area contributed by atoms with E-state index in [1.165, 1.54) is 0 Å². The quantitative estimate of drug-likeness (QED) is 0.470. The lowest BCUT2D eigenvalue weighted by Crippen LogP contribution is -2.36. The Labute approximate surface area is 172 Å². The number of nitrogens with zero attached hydrogens (tertiary/aromatic N) is 2. The Morgan fingerprint density at radius 2 is 1.97 bits per heavy atom. The summed E-state index contributed by atoms with van der Waals surface area (Å²) in [6.45, 7) is 3.14. The summed E-state index contributed by atoms with van der Waals surface area (Å²) in [7, 11) is 0. The molecule has 0 amide bonds. The molecule has 1 fully saturated rings. The molecule has 0 unspecified atom stereocenters. The first-order valence-corrected chi connectivity index (χ1v) is 10.0. The molecule has 0 bridgehead atoms. The van der Waals surface area contributed by atoms with Crippen molar-refractivity contribution in [3.05, 3.63) is 41.5 Å². The zero-order valence-electron chi connectivity index (χ0n) is 16.3. The average molecular weight is 407 g/mol. The Morgan fingerprint density at radius 1 is 1.20 bits per heavy atom. The monoisotopic (exact) mass is 407 g/mol. The summed E-state index contributed by atoms with van der Waals surface area (Å²) in [5, 5.41) is 17.3. The van der Waals surface area contributed by atoms with E-state index in [0.29, 0.717) is 59.7 Å². The first-order valence-electron chi connectivity index (χ1n) is 10.0. The van der Waals surface area contributed by atoms with Crippen LogP contribution in [0.2, 0.25) is 0 Å². The first-order chi connectivity index (χ1) is 14.6. The highest BCUT2D eigenvalue weighted by Gasteiger charge is 2.33. The lowest BCUT2D eigenvalue weighted by molar-refractivity contribution is -0.137. The van der Waals surface area contributed by atoms with Gasteiger partial charge in [-0.1, -0.05) is 29.4 Å². The summed E-state index contributed by atoms with van der Waals surface area (Å²) in [6.07, 6.45) is 0.525. The zero-order chi connectivity index (χ0) is 20.7. The number of benzene rings is 2. The second kappa shape index (κ2) is 7.46. The van der Waals surface area contributed by atoms with E-state index < -0.39 is 5.97 Å². The number of anilines is 2. The van der Waals surface area contributed by atoms with Crippen molar-refractivity contribution in [2.75, 3.05) is 43.1 Å². The molecule has 1 aliphatic carbocycles. The van der Waals surface area contributed by atoms with Crippen LogP contribution < -0.4 is 10.2 Å². The highest BCUT2D eigenvalue weighted by atomic mass is 16.5. The van der Waals surface area contributed by atoms with Gasteiger partial charge in [-0.05, 0) is 12.5 Å². The topological polar surface area (TPSA) is 105 Å². The lowest BCUT2D eigenvalue weighted by Gasteiger charge is -2.30. The van der Waals surface area contributed by atoms with Crippen LogP contribution in [-0.4, -0.2) is 54.9 Å². The third-order valence-electron chi connectivity index (χ3n) is 5.61. The van der Waals surface area contributed by atoms with Gasteiger partial charge in [0.05, 0.1) is 29.9 Å². The maximum absolute atomic E-state index is 13.4. The minimum absolute atomic E-state index is 0.0657. The van der Waals surface area contributed by atoms with Crippen molar-refractivity contribution in [3.63, 3.8) is 0 Å². The first kappa shape index (κ1) is 18.6. The number of carboxylic acids is 1. The molecule has 154 valence electrons. The van der Waals surface area contributed by atoms with Gasteiger partial charge in [0.1, 0.15) is 5.52 Å². The number of carbonyl (C=O) groups excluding carboxylic acids is 1. The zero-order valence-corrected chi connectivity index (χ0v) is 16.3. The fourth-order valence-corrected chi connectivity index (χ4v) is 4.19. The molecule has 0 atom stereocenters. The van der Waals surface area contributed by atoms with E-state index in [2.05, 4.69) is 15.4 Å². The summed E-state index contributed by atoms with van der Waals surface area (Å²) in [4.78, 5) is 26.4. The van der Waals surface area contributed by atoms with Crippen LogP contribution in [0.15, 0.2) is 34.9 Å². The molecule has 2 N–H and O–H groups in total. The molecule has 1 aliphatic heterocycles. The van der Waals surface area contributed by atoms with Crippen molar-refractivity contribution in [1.82, 2.24) is 5.16 Å². The van der Waals surface area contributed by atoms with E-state index in [1.54, 1.807) is 6.07 Å². The van der Waals surface area contributed by atoms with E-state index >= 15 is 0 Å². The second-order valence-corrected chi connectivity index (χ2v) is 7.45. The minimum atomic E-state index is -0.839. The third-order valence-corrected chi connectivity index (χ3v) is 5.61. The van der Waals surface area contributed by atoms with E-state index in [1.807, 2.05) is 24.3 Å². The van der Waals surface area contributed by atoms with Crippen LogP contribution in [0.1, 0.15) is 28.8 Å². The predicted molar refractivity (Wildman–Crippen MR) is 111 cm³/mol. The number of hydrogen-bond donors (Lipinski definition) is 2. The van der Waals surface area contributed by atoms with E-state index in [4.69, 9.17) is 14.4 Å². The predicted octanol–water partition coefficient (Wildman–Crippen LogP) is 3.15. The largest absolute Gasteiger partial charge is 0.481 e. The van der Waals surface area contributed by atoms with Gasteiger partial charge in [0.25, 0.3) is 0 Å². The summed E-state index contributed by atoms with van der Waals surface area (Å²) in [5.41, 5.74) is 4.09. The van der Waals surface area contributed by atoms with Crippen molar-refractivity contribution in [3.8, 4) is 11.3 Å². The molecule has 8 nitrogen and oxygen atoms in total.